The Morgan fingerprint density at radius 3 is 2.19 bits per heavy atom. The van der Waals surface area contributed by atoms with Gasteiger partial charge in [-0.15, -0.1) is 0 Å². The highest BCUT2D eigenvalue weighted by Crippen LogP contribution is 2.32. The van der Waals surface area contributed by atoms with Gasteiger partial charge in [-0.05, 0) is 0 Å². The molecule has 6 nitrogen and oxygen atoms in total. The predicted molar refractivity (Wildman–Crippen MR) is 37.2 cm³/mol. The first-order valence-electron chi connectivity index (χ1n) is 3.65. The molecule has 0 fully saturated rings. The lowest BCUT2D eigenvalue weighted by atomic mass is 10.4. The molecule has 0 saturated heterocycles. The van der Waals surface area contributed by atoms with E-state index in [1.165, 1.54) is 0 Å². The molecule has 0 N–H and O–H groups in total. The summed E-state index contributed by atoms with van der Waals surface area (Å²) < 4.78 is 50.2. The Balaban J connectivity index is 2.62. The van der Waals surface area contributed by atoms with Crippen molar-refractivity contribution in [1.29, 1.82) is 0 Å². The van der Waals surface area contributed by atoms with Gasteiger partial charge in [0.05, 0.1) is 0 Å². The molecule has 0 unspecified atom stereocenters. The molecule has 1 aliphatic rings. The minimum atomic E-state index is -1.97. The molecule has 9 heteroatoms. The molecule has 0 radical (unpaired) electrons. The van der Waals surface area contributed by atoms with Crippen molar-refractivity contribution in [2.45, 2.75) is 0 Å². The number of aromatic nitrogens is 1. The molecule has 16 heavy (non-hydrogen) atoms. The van der Waals surface area contributed by atoms with Crippen LogP contribution in [0.1, 0.15) is 0 Å². The molecule has 84 valence electrons. The van der Waals surface area contributed by atoms with Gasteiger partial charge >= 0.3 is 12.3 Å². The third-order valence-corrected chi connectivity index (χ3v) is 1.50. The number of ether oxygens (including phenoxy) is 3. The van der Waals surface area contributed by atoms with Crippen LogP contribution in [0.2, 0.25) is 0 Å². The highest BCUT2D eigenvalue weighted by atomic mass is 19.2. The standard InChI is InChI=1S/C7F3NO5/c8-1-2(9)4(10)11-5-3(1)14-6(12)16-7(13)15-5. The summed E-state index contributed by atoms with van der Waals surface area (Å²) in [4.78, 5) is 24.0. The van der Waals surface area contributed by atoms with Crippen LogP contribution < -0.4 is 9.47 Å². The van der Waals surface area contributed by atoms with E-state index >= 15 is 0 Å². The van der Waals surface area contributed by atoms with Crippen LogP contribution >= 0.6 is 0 Å². The molecular formula is C7F3NO5. The lowest BCUT2D eigenvalue weighted by Gasteiger charge is -2.03. The van der Waals surface area contributed by atoms with E-state index in [2.05, 4.69) is 19.2 Å². The van der Waals surface area contributed by atoms with Gasteiger partial charge in [-0.3, -0.25) is 0 Å². The van der Waals surface area contributed by atoms with Crippen LogP contribution in [0.25, 0.3) is 0 Å². The number of fused-ring (bicyclic) bond motifs is 1. The Kier molecular flexibility index (Phi) is 2.15. The van der Waals surface area contributed by atoms with E-state index in [0.29, 0.717) is 0 Å². The van der Waals surface area contributed by atoms with E-state index in [1.807, 2.05) is 0 Å². The summed E-state index contributed by atoms with van der Waals surface area (Å²) in [7, 11) is 0. The number of halogens is 3. The van der Waals surface area contributed by atoms with Crippen molar-refractivity contribution in [3.05, 3.63) is 17.6 Å². The highest BCUT2D eigenvalue weighted by molar-refractivity contribution is 5.82. The second-order valence-electron chi connectivity index (χ2n) is 2.47. The van der Waals surface area contributed by atoms with E-state index in [0.717, 1.165) is 0 Å². The zero-order chi connectivity index (χ0) is 11.9. The second kappa shape index (κ2) is 3.36. The smallest absolute Gasteiger partial charge is 0.385 e. The molecule has 0 atom stereocenters. The number of hydrogen-bond acceptors (Lipinski definition) is 6. The number of hydrogen-bond donors (Lipinski definition) is 0. The van der Waals surface area contributed by atoms with Crippen LogP contribution in [0.3, 0.4) is 0 Å². The fraction of sp³-hybridized carbons (Fsp3) is 0. The lowest BCUT2D eigenvalue weighted by molar-refractivity contribution is 0.0988. The molecule has 0 aromatic carbocycles. The number of carbonyl (C=O) groups is 2. The maximum Gasteiger partial charge on any atom is 0.525 e. The van der Waals surface area contributed by atoms with Gasteiger partial charge in [0.25, 0.3) is 11.8 Å². The van der Waals surface area contributed by atoms with Gasteiger partial charge in [-0.2, -0.15) is 18.2 Å². The van der Waals surface area contributed by atoms with Crippen molar-refractivity contribution in [3.63, 3.8) is 0 Å². The molecule has 0 saturated carbocycles. The molecular weight excluding hydrogens is 235 g/mol. The average molecular weight is 235 g/mol. The van der Waals surface area contributed by atoms with E-state index in [1.54, 1.807) is 0 Å². The maximum atomic E-state index is 13.0. The van der Waals surface area contributed by atoms with Crippen molar-refractivity contribution >= 4 is 12.3 Å². The first kappa shape index (κ1) is 10.2. The molecule has 0 aliphatic carbocycles. The number of carbonyl (C=O) groups excluding carboxylic acids is 2. The Morgan fingerprint density at radius 2 is 1.50 bits per heavy atom. The van der Waals surface area contributed by atoms with Crippen molar-refractivity contribution in [2.75, 3.05) is 0 Å². The Labute approximate surface area is 84.5 Å². The normalized spacial score (nSPS) is 14.4. The van der Waals surface area contributed by atoms with Gasteiger partial charge in [0.2, 0.25) is 17.4 Å². The maximum absolute atomic E-state index is 13.0. The molecule has 2 heterocycles. The third kappa shape index (κ3) is 1.51. The topological polar surface area (TPSA) is 74.7 Å². The summed E-state index contributed by atoms with van der Waals surface area (Å²) >= 11 is 0. The van der Waals surface area contributed by atoms with Gasteiger partial charge in [-0.25, -0.2) is 9.59 Å². The first-order valence-corrected chi connectivity index (χ1v) is 3.65. The summed E-state index contributed by atoms with van der Waals surface area (Å²) in [5.74, 6) is -7.86. The van der Waals surface area contributed by atoms with E-state index in [4.69, 9.17) is 0 Å². The minimum Gasteiger partial charge on any atom is -0.385 e. The SMILES string of the molecule is O=C1OC(=O)Oc2c(nc(F)c(F)c2F)O1. The molecule has 2 rings (SSSR count). The molecule has 1 aromatic heterocycles. The zero-order valence-corrected chi connectivity index (χ0v) is 7.12. The van der Waals surface area contributed by atoms with Crippen LogP contribution in [0, 0.1) is 17.6 Å². The molecule has 0 bridgehead atoms. The number of rotatable bonds is 0. The summed E-state index contributed by atoms with van der Waals surface area (Å²) in [6, 6.07) is 0. The zero-order valence-electron chi connectivity index (χ0n) is 7.12. The number of pyridine rings is 1. The fourth-order valence-corrected chi connectivity index (χ4v) is 0.903. The highest BCUT2D eigenvalue weighted by Gasteiger charge is 2.31. The Morgan fingerprint density at radius 1 is 0.875 bits per heavy atom. The second-order valence-corrected chi connectivity index (χ2v) is 2.47. The predicted octanol–water partition coefficient (Wildman–Crippen LogP) is 1.53. The Hall–Kier alpha value is -2.32. The van der Waals surface area contributed by atoms with Gasteiger partial charge in [0.1, 0.15) is 0 Å². The largest absolute Gasteiger partial charge is 0.525 e. The van der Waals surface area contributed by atoms with Gasteiger partial charge in [-0.1, -0.05) is 0 Å². The van der Waals surface area contributed by atoms with Gasteiger partial charge in [0, 0.05) is 0 Å². The van der Waals surface area contributed by atoms with Crippen molar-refractivity contribution in [1.82, 2.24) is 4.98 Å². The summed E-state index contributed by atoms with van der Waals surface area (Å²) in [6.45, 7) is 0. The molecule has 1 aromatic rings. The average Bonchev–Trinajstić information content (AvgIpc) is 2.33. The summed E-state index contributed by atoms with van der Waals surface area (Å²) in [6.07, 6.45) is -3.24. The van der Waals surface area contributed by atoms with Crippen LogP contribution in [0.15, 0.2) is 0 Å². The molecule has 0 spiro atoms. The monoisotopic (exact) mass is 235 g/mol. The van der Waals surface area contributed by atoms with Crippen molar-refractivity contribution in [3.8, 4) is 11.6 Å². The van der Waals surface area contributed by atoms with Crippen molar-refractivity contribution in [2.24, 2.45) is 0 Å². The molecule has 1 aliphatic heterocycles. The van der Waals surface area contributed by atoms with E-state index in [9.17, 15) is 22.8 Å². The summed E-state index contributed by atoms with van der Waals surface area (Å²) in [5.41, 5.74) is 0. The third-order valence-electron chi connectivity index (χ3n) is 1.50. The first-order chi connectivity index (χ1) is 7.49. The number of cyclic esters (lactones) is 2. The lowest BCUT2D eigenvalue weighted by Crippen LogP contribution is -2.14. The minimum absolute atomic E-state index is 1.03. The van der Waals surface area contributed by atoms with Crippen LogP contribution in [0.4, 0.5) is 22.8 Å². The van der Waals surface area contributed by atoms with Crippen LogP contribution in [-0.4, -0.2) is 17.3 Å². The van der Waals surface area contributed by atoms with Gasteiger partial charge < -0.3 is 14.2 Å². The van der Waals surface area contributed by atoms with Gasteiger partial charge in [0.15, 0.2) is 0 Å². The van der Waals surface area contributed by atoms with Crippen LogP contribution in [-0.2, 0) is 4.74 Å². The molecule has 0 amide bonds. The number of nitrogens with zero attached hydrogens (tertiary/aromatic N) is 1. The summed E-state index contributed by atoms with van der Waals surface area (Å²) in [5, 5.41) is 0. The van der Waals surface area contributed by atoms with Crippen molar-refractivity contribution < 1.29 is 37.0 Å². The quantitative estimate of drug-likeness (QED) is 0.385. The Bertz CT molecular complexity index is 503. The van der Waals surface area contributed by atoms with E-state index < -0.39 is 41.5 Å². The van der Waals surface area contributed by atoms with E-state index in [-0.39, 0.29) is 0 Å². The fourth-order valence-electron chi connectivity index (χ4n) is 0.903. The van der Waals surface area contributed by atoms with Crippen LogP contribution in [0.5, 0.6) is 11.6 Å².